The van der Waals surface area contributed by atoms with Gasteiger partial charge in [0.15, 0.2) is 0 Å². The van der Waals surface area contributed by atoms with Crippen molar-refractivity contribution in [1.29, 1.82) is 5.26 Å². The molecule has 35 heavy (non-hydrogen) atoms. The lowest BCUT2D eigenvalue weighted by Crippen LogP contribution is -2.16. The number of nitrogens with one attached hydrogen (secondary N) is 1. The molecule has 9 heteroatoms. The number of hydrogen-bond donors (Lipinski definition) is 1. The highest BCUT2D eigenvalue weighted by atomic mass is 35.5. The third kappa shape index (κ3) is 6.64. The summed E-state index contributed by atoms with van der Waals surface area (Å²) in [5.74, 6) is -0.586. The van der Waals surface area contributed by atoms with Gasteiger partial charge in [-0.2, -0.15) is 5.26 Å². The molecule has 0 atom stereocenters. The Morgan fingerprint density at radius 1 is 1.14 bits per heavy atom. The minimum absolute atomic E-state index is 0.120. The monoisotopic (exact) mass is 528 g/mol. The zero-order valence-corrected chi connectivity index (χ0v) is 21.6. The van der Waals surface area contributed by atoms with Gasteiger partial charge in [-0.1, -0.05) is 41.4 Å². The molecule has 3 rings (SSSR count). The summed E-state index contributed by atoms with van der Waals surface area (Å²) in [6.45, 7) is 5.83. The minimum Gasteiger partial charge on any atom is -0.489 e. The Labute approximate surface area is 217 Å². The van der Waals surface area contributed by atoms with E-state index in [1.54, 1.807) is 50.2 Å². The van der Waals surface area contributed by atoms with Crippen LogP contribution in [0.3, 0.4) is 0 Å². The van der Waals surface area contributed by atoms with Crippen molar-refractivity contribution < 1.29 is 19.1 Å². The van der Waals surface area contributed by atoms with Crippen molar-refractivity contribution in [2.24, 2.45) is 0 Å². The maximum atomic E-state index is 12.9. The predicted molar refractivity (Wildman–Crippen MR) is 139 cm³/mol. The molecule has 0 saturated carbocycles. The second kappa shape index (κ2) is 11.9. The van der Waals surface area contributed by atoms with Crippen LogP contribution in [0.5, 0.6) is 5.75 Å². The summed E-state index contributed by atoms with van der Waals surface area (Å²) in [7, 11) is 0. The van der Waals surface area contributed by atoms with Crippen LogP contribution >= 0.6 is 34.5 Å². The molecule has 180 valence electrons. The van der Waals surface area contributed by atoms with Gasteiger partial charge in [-0.25, -0.2) is 4.79 Å². The van der Waals surface area contributed by atoms with E-state index in [9.17, 15) is 14.9 Å². The largest absolute Gasteiger partial charge is 0.489 e. The highest BCUT2D eigenvalue weighted by molar-refractivity contribution is 7.16. The first kappa shape index (κ1) is 26.3. The van der Waals surface area contributed by atoms with Crippen molar-refractivity contribution >= 4 is 57.5 Å². The van der Waals surface area contributed by atoms with Crippen molar-refractivity contribution in [3.05, 3.63) is 85.2 Å². The number of carbonyl (C=O) groups is 2. The lowest BCUT2D eigenvalue weighted by Gasteiger charge is -2.09. The highest BCUT2D eigenvalue weighted by Gasteiger charge is 2.23. The molecule has 0 aliphatic carbocycles. The number of thiophene rings is 1. The summed E-state index contributed by atoms with van der Waals surface area (Å²) in [6, 6.07) is 14.2. The third-order valence-corrected chi connectivity index (χ3v) is 6.88. The molecule has 0 unspecified atom stereocenters. The molecule has 1 amide bonds. The molecule has 0 aliphatic heterocycles. The van der Waals surface area contributed by atoms with E-state index in [2.05, 4.69) is 5.32 Å². The Balaban J connectivity index is 1.77. The summed E-state index contributed by atoms with van der Waals surface area (Å²) >= 11 is 13.2. The topological polar surface area (TPSA) is 88.4 Å². The average molecular weight is 529 g/mol. The number of hydrogen-bond acceptors (Lipinski definition) is 6. The fraction of sp³-hybridized carbons (Fsp3) is 0.192. The number of esters is 1. The average Bonchev–Trinajstić information content (AvgIpc) is 3.11. The summed E-state index contributed by atoms with van der Waals surface area (Å²) in [5.41, 5.74) is 2.37. The maximum absolute atomic E-state index is 12.9. The second-order valence-electron chi connectivity index (χ2n) is 7.44. The quantitative estimate of drug-likeness (QED) is 0.193. The van der Waals surface area contributed by atoms with Gasteiger partial charge in [-0.3, -0.25) is 4.79 Å². The lowest BCUT2D eigenvalue weighted by molar-refractivity contribution is -0.112. The van der Waals surface area contributed by atoms with Crippen LogP contribution in [0.15, 0.2) is 48.0 Å². The third-order valence-electron chi connectivity index (χ3n) is 5.02. The Hall–Kier alpha value is -3.31. The first-order chi connectivity index (χ1) is 16.7. The van der Waals surface area contributed by atoms with E-state index in [4.69, 9.17) is 32.7 Å². The number of rotatable bonds is 8. The molecule has 0 radical (unpaired) electrons. The van der Waals surface area contributed by atoms with Crippen molar-refractivity contribution in [3.63, 3.8) is 0 Å². The first-order valence-corrected chi connectivity index (χ1v) is 12.2. The Morgan fingerprint density at radius 3 is 2.60 bits per heavy atom. The van der Waals surface area contributed by atoms with Crippen molar-refractivity contribution in [1.82, 2.24) is 0 Å². The molecule has 0 spiro atoms. The fourth-order valence-electron chi connectivity index (χ4n) is 3.14. The van der Waals surface area contributed by atoms with Gasteiger partial charge in [0.2, 0.25) is 0 Å². The van der Waals surface area contributed by atoms with Crippen LogP contribution in [0, 0.1) is 25.2 Å². The molecule has 0 saturated heterocycles. The zero-order valence-electron chi connectivity index (χ0n) is 19.3. The zero-order chi connectivity index (χ0) is 25.5. The molecular formula is C26H22Cl2N2O4S. The number of carbonyl (C=O) groups excluding carboxylic acids is 2. The molecule has 3 aromatic rings. The summed E-state index contributed by atoms with van der Waals surface area (Å²) in [5, 5.41) is 13.5. The molecule has 1 N–H and O–H groups in total. The normalized spacial score (nSPS) is 11.0. The van der Waals surface area contributed by atoms with E-state index in [-0.39, 0.29) is 18.8 Å². The van der Waals surface area contributed by atoms with E-state index in [0.29, 0.717) is 31.9 Å². The molecular weight excluding hydrogens is 507 g/mol. The molecule has 0 fully saturated rings. The first-order valence-electron chi connectivity index (χ1n) is 10.6. The van der Waals surface area contributed by atoms with Crippen LogP contribution in [-0.2, 0) is 16.1 Å². The number of benzene rings is 2. The summed E-state index contributed by atoms with van der Waals surface area (Å²) in [6.07, 6.45) is 1.46. The van der Waals surface area contributed by atoms with E-state index >= 15 is 0 Å². The van der Waals surface area contributed by atoms with E-state index < -0.39 is 11.9 Å². The van der Waals surface area contributed by atoms with Crippen molar-refractivity contribution in [2.75, 3.05) is 11.9 Å². The molecule has 1 heterocycles. The molecule has 0 bridgehead atoms. The van der Waals surface area contributed by atoms with Crippen LogP contribution in [0.1, 0.15) is 38.8 Å². The van der Waals surface area contributed by atoms with Gasteiger partial charge in [0.1, 0.15) is 29.0 Å². The molecule has 0 aliphatic rings. The number of aryl methyl sites for hydroxylation is 1. The Kier molecular flexibility index (Phi) is 8.94. The summed E-state index contributed by atoms with van der Waals surface area (Å²) < 4.78 is 10.9. The van der Waals surface area contributed by atoms with Crippen LogP contribution in [0.4, 0.5) is 5.00 Å². The van der Waals surface area contributed by atoms with Gasteiger partial charge in [0.25, 0.3) is 5.91 Å². The van der Waals surface area contributed by atoms with Gasteiger partial charge >= 0.3 is 5.97 Å². The van der Waals surface area contributed by atoms with E-state index in [0.717, 1.165) is 16.0 Å². The molecule has 1 aromatic heterocycles. The van der Waals surface area contributed by atoms with E-state index in [1.165, 1.54) is 17.4 Å². The van der Waals surface area contributed by atoms with Gasteiger partial charge in [-0.05, 0) is 67.8 Å². The number of halogens is 2. The highest BCUT2D eigenvalue weighted by Crippen LogP contribution is 2.33. The smallest absolute Gasteiger partial charge is 0.341 e. The summed E-state index contributed by atoms with van der Waals surface area (Å²) in [4.78, 5) is 26.1. The van der Waals surface area contributed by atoms with Crippen LogP contribution in [0.2, 0.25) is 10.0 Å². The Bertz CT molecular complexity index is 1340. The maximum Gasteiger partial charge on any atom is 0.341 e. The lowest BCUT2D eigenvalue weighted by atomic mass is 10.1. The minimum atomic E-state index is -0.624. The van der Waals surface area contributed by atoms with Crippen LogP contribution < -0.4 is 10.1 Å². The fourth-order valence-corrected chi connectivity index (χ4v) is 4.50. The van der Waals surface area contributed by atoms with Crippen molar-refractivity contribution in [2.45, 2.75) is 27.4 Å². The van der Waals surface area contributed by atoms with Gasteiger partial charge in [0.05, 0.1) is 22.2 Å². The number of nitriles is 1. The predicted octanol–water partition coefficient (Wildman–Crippen LogP) is 6.97. The molecule has 6 nitrogen and oxygen atoms in total. The van der Waals surface area contributed by atoms with Gasteiger partial charge in [0, 0.05) is 4.88 Å². The number of amides is 1. The van der Waals surface area contributed by atoms with Gasteiger partial charge < -0.3 is 14.8 Å². The standard InChI is InChI=1S/C26H22Cl2N2O4S/c1-4-33-26(32)23-15(2)16(3)35-25(23)30-24(31)19(13-29)10-17-6-5-7-20(11-17)34-14-18-8-9-21(27)22(28)12-18/h5-12H,4,14H2,1-3H3,(H,30,31)/b19-10+. The van der Waals surface area contributed by atoms with Gasteiger partial charge in [-0.15, -0.1) is 11.3 Å². The number of nitrogens with zero attached hydrogens (tertiary/aromatic N) is 1. The SMILES string of the molecule is CCOC(=O)c1c(NC(=O)/C(C#N)=C/c2cccc(OCc3ccc(Cl)c(Cl)c3)c2)sc(C)c1C. The van der Waals surface area contributed by atoms with Crippen LogP contribution in [0.25, 0.3) is 6.08 Å². The number of ether oxygens (including phenoxy) is 2. The Morgan fingerprint density at radius 2 is 1.91 bits per heavy atom. The van der Waals surface area contributed by atoms with E-state index in [1.807, 2.05) is 19.1 Å². The van der Waals surface area contributed by atoms with Crippen LogP contribution in [-0.4, -0.2) is 18.5 Å². The second-order valence-corrected chi connectivity index (χ2v) is 9.48. The van der Waals surface area contributed by atoms with Crippen molar-refractivity contribution in [3.8, 4) is 11.8 Å². The molecule has 2 aromatic carbocycles. The number of anilines is 1.